The van der Waals surface area contributed by atoms with Crippen LogP contribution in [-0.2, 0) is 9.53 Å². The molecule has 0 spiro atoms. The fourth-order valence-electron chi connectivity index (χ4n) is 11.6. The van der Waals surface area contributed by atoms with Crippen molar-refractivity contribution in [3.63, 3.8) is 0 Å². The predicted octanol–water partition coefficient (Wildman–Crippen LogP) is 6.38. The maximum atomic E-state index is 11.8. The molecule has 0 heterocycles. The molecule has 8 bridgehead atoms. The molecule has 0 aromatic carbocycles. The molecule has 32 heavy (non-hydrogen) atoms. The van der Waals surface area contributed by atoms with E-state index >= 15 is 0 Å². The summed E-state index contributed by atoms with van der Waals surface area (Å²) in [5, 5.41) is 0. The van der Waals surface area contributed by atoms with Crippen LogP contribution in [0.15, 0.2) is 24.3 Å². The minimum atomic E-state index is 0.0534. The van der Waals surface area contributed by atoms with Gasteiger partial charge >= 0.3 is 5.97 Å². The number of methoxy groups -OCH3 is 1. The number of carbonyl (C=O) groups excluding carboxylic acids is 1. The van der Waals surface area contributed by atoms with Gasteiger partial charge in [-0.2, -0.15) is 0 Å². The molecule has 0 aromatic heterocycles. The van der Waals surface area contributed by atoms with Crippen molar-refractivity contribution in [3.8, 4) is 0 Å². The fourth-order valence-corrected chi connectivity index (χ4v) is 11.6. The molecule has 0 saturated heterocycles. The first-order valence-corrected chi connectivity index (χ1v) is 13.7. The maximum absolute atomic E-state index is 11.8. The van der Waals surface area contributed by atoms with Crippen LogP contribution in [0.4, 0.5) is 0 Å². The Balaban J connectivity index is 0.000000113. The highest BCUT2D eigenvalue weighted by Gasteiger charge is 2.70. The van der Waals surface area contributed by atoms with E-state index in [0.717, 1.165) is 71.5 Å². The average molecular weight is 435 g/mol. The Morgan fingerprint density at radius 2 is 1.19 bits per heavy atom. The summed E-state index contributed by atoms with van der Waals surface area (Å²) in [5.41, 5.74) is 1.13. The number of rotatable bonds is 1. The highest BCUT2D eigenvalue weighted by Crippen LogP contribution is 2.76. The van der Waals surface area contributed by atoms with E-state index in [-0.39, 0.29) is 11.9 Å². The molecule has 0 aromatic rings. The zero-order valence-electron chi connectivity index (χ0n) is 20.7. The predicted molar refractivity (Wildman–Crippen MR) is 126 cm³/mol. The van der Waals surface area contributed by atoms with Crippen LogP contribution in [-0.4, -0.2) is 13.1 Å². The van der Waals surface area contributed by atoms with Crippen molar-refractivity contribution in [2.75, 3.05) is 7.11 Å². The normalized spacial score (nSPS) is 57.0. The number of carbonyl (C=O) groups is 1. The van der Waals surface area contributed by atoms with E-state index in [1.807, 2.05) is 0 Å². The minimum absolute atomic E-state index is 0.0534. The van der Waals surface area contributed by atoms with Gasteiger partial charge in [0.2, 0.25) is 0 Å². The smallest absolute Gasteiger partial charge is 0.308 e. The van der Waals surface area contributed by atoms with Crippen LogP contribution < -0.4 is 0 Å². The number of hydrogen-bond donors (Lipinski definition) is 0. The van der Waals surface area contributed by atoms with Crippen LogP contribution in [0.3, 0.4) is 0 Å². The largest absolute Gasteiger partial charge is 0.469 e. The molecule has 2 nitrogen and oxygen atoms in total. The topological polar surface area (TPSA) is 26.3 Å². The Labute approximate surface area is 194 Å². The summed E-state index contributed by atoms with van der Waals surface area (Å²) in [6, 6.07) is 0. The van der Waals surface area contributed by atoms with Crippen LogP contribution in [0, 0.1) is 87.8 Å². The summed E-state index contributed by atoms with van der Waals surface area (Å²) in [6.07, 6.45) is 16.8. The molecule has 13 unspecified atom stereocenters. The highest BCUT2D eigenvalue weighted by molar-refractivity contribution is 5.73. The van der Waals surface area contributed by atoms with E-state index in [0.29, 0.717) is 16.7 Å². The van der Waals surface area contributed by atoms with Crippen molar-refractivity contribution in [1.82, 2.24) is 0 Å². The summed E-state index contributed by atoms with van der Waals surface area (Å²) in [5.74, 6) is 11.2. The van der Waals surface area contributed by atoms with Gasteiger partial charge in [0.05, 0.1) is 13.0 Å². The van der Waals surface area contributed by atoms with Gasteiger partial charge in [-0.3, -0.25) is 4.79 Å². The van der Waals surface area contributed by atoms with Gasteiger partial charge in [0.15, 0.2) is 0 Å². The van der Waals surface area contributed by atoms with Gasteiger partial charge in [-0.25, -0.2) is 0 Å². The quantitative estimate of drug-likeness (QED) is 0.272. The molecule has 6 fully saturated rings. The molecular formula is C30H42O2. The van der Waals surface area contributed by atoms with E-state index in [4.69, 9.17) is 4.74 Å². The Morgan fingerprint density at radius 3 is 1.72 bits per heavy atom. The summed E-state index contributed by atoms with van der Waals surface area (Å²) >= 11 is 0. The Kier molecular flexibility index (Phi) is 4.03. The molecule has 2 heteroatoms. The van der Waals surface area contributed by atoms with Crippen LogP contribution in [0.25, 0.3) is 0 Å². The van der Waals surface area contributed by atoms with Crippen LogP contribution >= 0.6 is 0 Å². The van der Waals surface area contributed by atoms with Crippen molar-refractivity contribution < 1.29 is 9.53 Å². The molecule has 174 valence electrons. The molecule has 8 rings (SSSR count). The molecule has 0 amide bonds. The Hall–Kier alpha value is -1.05. The third-order valence-corrected chi connectivity index (χ3v) is 13.3. The standard InChI is InChI=1S/C16H24.C14H18O2/c1-15(2)11-8-12(16(15,3)4)14-10-6-5-9(7-10)13(11)14;1-16-14(15)11-6-9-5-10(11)13-8-3-2-7(4-8)12(9)13/h5-6,9-14H,7-8H2,1-4H3;2-3,7-13H,4-6H2,1H3. The first-order valence-electron chi connectivity index (χ1n) is 13.7. The van der Waals surface area contributed by atoms with Gasteiger partial charge in [0.1, 0.15) is 0 Å². The molecule has 8 aliphatic rings. The number of ether oxygens (including phenoxy) is 1. The van der Waals surface area contributed by atoms with Crippen molar-refractivity contribution >= 4 is 5.97 Å². The number of allylic oxidation sites excluding steroid dienone is 4. The molecule has 0 radical (unpaired) electrons. The lowest BCUT2D eigenvalue weighted by atomic mass is 9.52. The van der Waals surface area contributed by atoms with E-state index < -0.39 is 0 Å². The van der Waals surface area contributed by atoms with Crippen LogP contribution in [0.2, 0.25) is 0 Å². The first-order chi connectivity index (χ1) is 15.2. The van der Waals surface area contributed by atoms with Crippen molar-refractivity contribution in [2.24, 2.45) is 87.8 Å². The molecule has 0 N–H and O–H groups in total. The lowest BCUT2D eigenvalue weighted by molar-refractivity contribution is -0.148. The van der Waals surface area contributed by atoms with Crippen LogP contribution in [0.1, 0.15) is 59.8 Å². The molecular weight excluding hydrogens is 392 g/mol. The second-order valence-electron chi connectivity index (χ2n) is 14.1. The summed E-state index contributed by atoms with van der Waals surface area (Å²) in [4.78, 5) is 11.8. The molecule has 13 atom stereocenters. The third-order valence-electron chi connectivity index (χ3n) is 13.3. The fraction of sp³-hybridized carbons (Fsp3) is 0.833. The SMILES string of the molecule is CC1(C)C2CC(C3C4C=CC(C4)C32)C1(C)C.COC(=O)C1CC2CC1C1C3C=CC(C3)C21. The van der Waals surface area contributed by atoms with E-state index in [1.165, 1.54) is 32.8 Å². The van der Waals surface area contributed by atoms with E-state index in [9.17, 15) is 4.79 Å². The Bertz CT molecular complexity index is 861. The second kappa shape index (κ2) is 6.33. The zero-order valence-corrected chi connectivity index (χ0v) is 20.7. The molecule has 6 saturated carbocycles. The Morgan fingerprint density at radius 1 is 0.688 bits per heavy atom. The van der Waals surface area contributed by atoms with Gasteiger partial charge in [-0.15, -0.1) is 0 Å². The zero-order chi connectivity index (χ0) is 22.2. The van der Waals surface area contributed by atoms with Crippen LogP contribution in [0.5, 0.6) is 0 Å². The molecule has 0 aliphatic heterocycles. The highest BCUT2D eigenvalue weighted by atomic mass is 16.5. The van der Waals surface area contributed by atoms with E-state index in [1.54, 1.807) is 0 Å². The maximum Gasteiger partial charge on any atom is 0.308 e. The number of hydrogen-bond acceptors (Lipinski definition) is 2. The average Bonchev–Trinajstić information content (AvgIpc) is 3.61. The third kappa shape index (κ3) is 2.26. The number of fused-ring (bicyclic) bond motifs is 18. The van der Waals surface area contributed by atoms with Gasteiger partial charge in [-0.1, -0.05) is 52.0 Å². The summed E-state index contributed by atoms with van der Waals surface area (Å²) in [7, 11) is 1.53. The van der Waals surface area contributed by atoms with Gasteiger partial charge in [0.25, 0.3) is 0 Å². The minimum Gasteiger partial charge on any atom is -0.469 e. The number of esters is 1. The van der Waals surface area contributed by atoms with Gasteiger partial charge in [-0.05, 0) is 114 Å². The lowest BCUT2D eigenvalue weighted by Crippen LogP contribution is -2.47. The molecule has 8 aliphatic carbocycles. The summed E-state index contributed by atoms with van der Waals surface area (Å²) < 4.78 is 4.96. The van der Waals surface area contributed by atoms with Crippen molar-refractivity contribution in [1.29, 1.82) is 0 Å². The van der Waals surface area contributed by atoms with Gasteiger partial charge < -0.3 is 4.74 Å². The van der Waals surface area contributed by atoms with Gasteiger partial charge in [0, 0.05) is 0 Å². The second-order valence-corrected chi connectivity index (χ2v) is 14.1. The lowest BCUT2D eigenvalue weighted by Gasteiger charge is -2.52. The van der Waals surface area contributed by atoms with Crippen molar-refractivity contribution in [2.45, 2.75) is 59.8 Å². The van der Waals surface area contributed by atoms with E-state index in [2.05, 4.69) is 52.0 Å². The summed E-state index contributed by atoms with van der Waals surface area (Å²) in [6.45, 7) is 10.2. The first kappa shape index (κ1) is 20.3. The monoisotopic (exact) mass is 434 g/mol. The van der Waals surface area contributed by atoms with Crippen molar-refractivity contribution in [3.05, 3.63) is 24.3 Å².